The van der Waals surface area contributed by atoms with Gasteiger partial charge in [0.05, 0.1) is 18.8 Å². The largest absolute Gasteiger partial charge is 0.381 e. The Balaban J connectivity index is 1.45. The van der Waals surface area contributed by atoms with Crippen LogP contribution in [0.25, 0.3) is 0 Å². The third-order valence-electron chi connectivity index (χ3n) is 6.96. The molecular formula is C21H39NO2S. The molecule has 0 radical (unpaired) electrons. The van der Waals surface area contributed by atoms with Crippen LogP contribution in [0.15, 0.2) is 0 Å². The number of thiol groups is 1. The first-order valence-corrected chi connectivity index (χ1v) is 11.3. The quantitative estimate of drug-likeness (QED) is 0.650. The molecular weight excluding hydrogens is 330 g/mol. The lowest BCUT2D eigenvalue weighted by atomic mass is 9.74. The summed E-state index contributed by atoms with van der Waals surface area (Å²) < 4.78 is 12.1. The number of ether oxygens (including phenoxy) is 2. The lowest BCUT2D eigenvalue weighted by Crippen LogP contribution is -2.37. The van der Waals surface area contributed by atoms with E-state index in [0.717, 1.165) is 25.0 Å². The molecule has 146 valence electrons. The Hall–Kier alpha value is 0.230. The lowest BCUT2D eigenvalue weighted by molar-refractivity contribution is -0.0123. The Morgan fingerprint density at radius 3 is 2.48 bits per heavy atom. The molecule has 0 spiro atoms. The van der Waals surface area contributed by atoms with Gasteiger partial charge in [-0.1, -0.05) is 19.3 Å². The van der Waals surface area contributed by atoms with E-state index < -0.39 is 0 Å². The SMILES string of the molecule is COC1CC[C@@H](S)CC1CCC1CCCC[C@H]1COC1CCCNC1. The second kappa shape index (κ2) is 10.5. The molecule has 25 heavy (non-hydrogen) atoms. The maximum atomic E-state index is 6.30. The van der Waals surface area contributed by atoms with Crippen molar-refractivity contribution in [1.29, 1.82) is 0 Å². The number of rotatable bonds is 7. The molecule has 1 aliphatic heterocycles. The summed E-state index contributed by atoms with van der Waals surface area (Å²) in [5.74, 6) is 2.36. The molecule has 1 heterocycles. The predicted octanol–water partition coefficient (Wildman–Crippen LogP) is 4.46. The highest BCUT2D eigenvalue weighted by molar-refractivity contribution is 7.80. The topological polar surface area (TPSA) is 30.5 Å². The van der Waals surface area contributed by atoms with Gasteiger partial charge in [0.25, 0.3) is 0 Å². The highest BCUT2D eigenvalue weighted by Gasteiger charge is 2.32. The van der Waals surface area contributed by atoms with Gasteiger partial charge in [0.2, 0.25) is 0 Å². The third kappa shape index (κ3) is 6.12. The summed E-state index contributed by atoms with van der Waals surface area (Å²) >= 11 is 4.75. The molecule has 6 atom stereocenters. The summed E-state index contributed by atoms with van der Waals surface area (Å²) in [5.41, 5.74) is 0. The van der Waals surface area contributed by atoms with Gasteiger partial charge in [-0.15, -0.1) is 0 Å². The van der Waals surface area contributed by atoms with Crippen LogP contribution in [0.5, 0.6) is 0 Å². The zero-order chi connectivity index (χ0) is 17.5. The molecule has 0 aromatic rings. The van der Waals surface area contributed by atoms with Crippen molar-refractivity contribution in [3.8, 4) is 0 Å². The normalized spacial score (nSPS) is 40.1. The average molecular weight is 370 g/mol. The Labute approximate surface area is 160 Å². The summed E-state index contributed by atoms with van der Waals surface area (Å²) in [6.45, 7) is 3.21. The van der Waals surface area contributed by atoms with Gasteiger partial charge in [0.1, 0.15) is 0 Å². The summed E-state index contributed by atoms with van der Waals surface area (Å²) in [4.78, 5) is 0. The highest BCUT2D eigenvalue weighted by Crippen LogP contribution is 2.38. The van der Waals surface area contributed by atoms with Crippen molar-refractivity contribution >= 4 is 12.6 Å². The molecule has 1 N–H and O–H groups in total. The van der Waals surface area contributed by atoms with Crippen LogP contribution in [-0.2, 0) is 9.47 Å². The molecule has 4 heteroatoms. The van der Waals surface area contributed by atoms with Crippen LogP contribution in [0.3, 0.4) is 0 Å². The first-order chi connectivity index (χ1) is 12.3. The van der Waals surface area contributed by atoms with E-state index in [2.05, 4.69) is 5.32 Å². The molecule has 0 aromatic carbocycles. The van der Waals surface area contributed by atoms with Gasteiger partial charge in [-0.25, -0.2) is 0 Å². The number of hydrogen-bond donors (Lipinski definition) is 2. The minimum Gasteiger partial charge on any atom is -0.381 e. The summed E-state index contributed by atoms with van der Waals surface area (Å²) in [6.07, 6.45) is 15.4. The van der Waals surface area contributed by atoms with Crippen LogP contribution >= 0.6 is 12.6 Å². The van der Waals surface area contributed by atoms with Crippen LogP contribution in [0.4, 0.5) is 0 Å². The molecule has 0 aromatic heterocycles. The van der Waals surface area contributed by atoms with E-state index in [1.54, 1.807) is 0 Å². The van der Waals surface area contributed by atoms with Crippen molar-refractivity contribution < 1.29 is 9.47 Å². The van der Waals surface area contributed by atoms with E-state index in [-0.39, 0.29) is 0 Å². The number of piperidine rings is 1. The van der Waals surface area contributed by atoms with Crippen LogP contribution in [0.1, 0.15) is 70.6 Å². The van der Waals surface area contributed by atoms with Crippen molar-refractivity contribution in [2.45, 2.75) is 88.1 Å². The minimum absolute atomic E-state index is 0.456. The van der Waals surface area contributed by atoms with Gasteiger partial charge in [-0.2, -0.15) is 12.6 Å². The Kier molecular flexibility index (Phi) is 8.42. The number of methoxy groups -OCH3 is 1. The zero-order valence-electron chi connectivity index (χ0n) is 16.1. The van der Waals surface area contributed by atoms with Crippen molar-refractivity contribution in [3.63, 3.8) is 0 Å². The zero-order valence-corrected chi connectivity index (χ0v) is 17.0. The fourth-order valence-corrected chi connectivity index (χ4v) is 5.78. The van der Waals surface area contributed by atoms with Gasteiger partial charge >= 0.3 is 0 Å². The van der Waals surface area contributed by atoms with E-state index in [4.69, 9.17) is 22.1 Å². The summed E-state index contributed by atoms with van der Waals surface area (Å²) in [7, 11) is 1.89. The van der Waals surface area contributed by atoms with Crippen molar-refractivity contribution in [2.75, 3.05) is 26.8 Å². The molecule has 2 saturated carbocycles. The Morgan fingerprint density at radius 1 is 0.920 bits per heavy atom. The maximum Gasteiger partial charge on any atom is 0.0700 e. The van der Waals surface area contributed by atoms with Gasteiger partial charge in [0, 0.05) is 18.9 Å². The maximum absolute atomic E-state index is 6.30. The Bertz CT molecular complexity index is 375. The molecule has 2 aliphatic carbocycles. The standard InChI is InChI=1S/C21H39NO2S/c1-23-21-11-10-20(25)13-17(21)9-8-16-5-2-3-6-18(16)15-24-19-7-4-12-22-14-19/h16-22,25H,2-15H2,1H3/t16?,17?,18-,19?,20+,21?/m0/s1. The molecule has 1 saturated heterocycles. The average Bonchev–Trinajstić information content (AvgIpc) is 2.66. The number of nitrogens with one attached hydrogen (secondary N) is 1. The lowest BCUT2D eigenvalue weighted by Gasteiger charge is -2.37. The molecule has 0 bridgehead atoms. The molecule has 3 aliphatic rings. The molecule has 3 fully saturated rings. The van der Waals surface area contributed by atoms with Crippen LogP contribution in [0, 0.1) is 17.8 Å². The van der Waals surface area contributed by atoms with Gasteiger partial charge in [0.15, 0.2) is 0 Å². The van der Waals surface area contributed by atoms with E-state index in [1.807, 2.05) is 7.11 Å². The molecule has 3 rings (SSSR count). The predicted molar refractivity (Wildman–Crippen MR) is 107 cm³/mol. The van der Waals surface area contributed by atoms with Crippen molar-refractivity contribution in [3.05, 3.63) is 0 Å². The fourth-order valence-electron chi connectivity index (χ4n) is 5.36. The van der Waals surface area contributed by atoms with Gasteiger partial charge in [-0.3, -0.25) is 0 Å². The van der Waals surface area contributed by atoms with E-state index in [9.17, 15) is 0 Å². The highest BCUT2D eigenvalue weighted by atomic mass is 32.1. The second-order valence-corrected chi connectivity index (χ2v) is 9.42. The van der Waals surface area contributed by atoms with Crippen LogP contribution in [-0.4, -0.2) is 44.3 Å². The van der Waals surface area contributed by atoms with Gasteiger partial charge in [-0.05, 0) is 75.7 Å². The molecule has 3 nitrogen and oxygen atoms in total. The number of hydrogen-bond acceptors (Lipinski definition) is 4. The second-order valence-electron chi connectivity index (χ2n) is 8.68. The van der Waals surface area contributed by atoms with Crippen molar-refractivity contribution in [2.24, 2.45) is 17.8 Å². The van der Waals surface area contributed by atoms with Crippen molar-refractivity contribution in [1.82, 2.24) is 5.32 Å². The monoisotopic (exact) mass is 369 g/mol. The smallest absolute Gasteiger partial charge is 0.0700 e. The van der Waals surface area contributed by atoms with Crippen LogP contribution in [0.2, 0.25) is 0 Å². The van der Waals surface area contributed by atoms with Crippen LogP contribution < -0.4 is 5.32 Å². The summed E-state index contributed by atoms with van der Waals surface area (Å²) in [5, 5.41) is 4.06. The minimum atomic E-state index is 0.456. The van der Waals surface area contributed by atoms with Gasteiger partial charge < -0.3 is 14.8 Å². The van der Waals surface area contributed by atoms with E-state index >= 15 is 0 Å². The van der Waals surface area contributed by atoms with E-state index in [0.29, 0.717) is 23.4 Å². The first kappa shape index (κ1) is 20.0. The molecule has 0 amide bonds. The first-order valence-electron chi connectivity index (χ1n) is 10.8. The summed E-state index contributed by atoms with van der Waals surface area (Å²) in [6, 6.07) is 0. The Morgan fingerprint density at radius 2 is 1.72 bits per heavy atom. The fraction of sp³-hybridized carbons (Fsp3) is 1.00. The van der Waals surface area contributed by atoms with E-state index in [1.165, 1.54) is 77.2 Å². The third-order valence-corrected chi connectivity index (χ3v) is 7.43. The molecule has 4 unspecified atom stereocenters.